The predicted octanol–water partition coefficient (Wildman–Crippen LogP) is 3.83. The van der Waals surface area contributed by atoms with E-state index in [1.807, 2.05) is 12.1 Å². The third-order valence-corrected chi connectivity index (χ3v) is 3.80. The summed E-state index contributed by atoms with van der Waals surface area (Å²) in [6.07, 6.45) is 0.972. The first kappa shape index (κ1) is 13.7. The van der Waals surface area contributed by atoms with E-state index in [2.05, 4.69) is 13.8 Å². The van der Waals surface area contributed by atoms with Crippen molar-refractivity contribution in [3.05, 3.63) is 23.2 Å². The minimum atomic E-state index is -0.0830. The summed E-state index contributed by atoms with van der Waals surface area (Å²) in [7, 11) is 1.73. The highest BCUT2D eigenvalue weighted by atomic mass is 35.5. The Hall–Kier alpha value is -0.380. The lowest BCUT2D eigenvalue weighted by Crippen LogP contribution is -2.22. The van der Waals surface area contributed by atoms with Crippen LogP contribution in [0.3, 0.4) is 0 Å². The second-order valence-corrected chi connectivity index (χ2v) is 5.82. The molecular formula is C12H18ClNOS. The van der Waals surface area contributed by atoms with Gasteiger partial charge in [-0.2, -0.15) is 0 Å². The number of methoxy groups -OCH3 is 1. The number of nitrogens with two attached hydrogens (primary N) is 1. The highest BCUT2D eigenvalue weighted by Gasteiger charge is 2.15. The molecule has 1 rings (SSSR count). The van der Waals surface area contributed by atoms with Gasteiger partial charge < -0.3 is 10.5 Å². The molecule has 90 valence electrons. The summed E-state index contributed by atoms with van der Waals surface area (Å²) in [4.78, 5) is 1.04. The van der Waals surface area contributed by atoms with Gasteiger partial charge in [0, 0.05) is 28.5 Å². The van der Waals surface area contributed by atoms with Crippen LogP contribution in [-0.4, -0.2) is 18.5 Å². The summed E-state index contributed by atoms with van der Waals surface area (Å²) in [6.45, 7) is 4.16. The number of nitrogen functional groups attached to an aromatic ring is 1. The first-order chi connectivity index (χ1) is 7.44. The Morgan fingerprint density at radius 1 is 1.44 bits per heavy atom. The molecule has 0 bridgehead atoms. The van der Waals surface area contributed by atoms with Crippen molar-refractivity contribution in [2.24, 2.45) is 0 Å². The second-order valence-electron chi connectivity index (χ2n) is 4.24. The Bertz CT molecular complexity index is 355. The first-order valence-electron chi connectivity index (χ1n) is 5.17. The molecule has 0 saturated carbocycles. The standard InChI is InChI=1S/C12H18ClNOS/c1-12(2,15-3)6-7-16-11-8-9(13)4-5-10(11)14/h4-5,8H,6-7,14H2,1-3H3. The Kier molecular flexibility index (Phi) is 4.96. The highest BCUT2D eigenvalue weighted by molar-refractivity contribution is 7.99. The number of hydrogen-bond donors (Lipinski definition) is 1. The summed E-state index contributed by atoms with van der Waals surface area (Å²) in [5.41, 5.74) is 6.56. The Balaban J connectivity index is 2.52. The molecule has 0 aliphatic heterocycles. The quantitative estimate of drug-likeness (QED) is 0.645. The van der Waals surface area contributed by atoms with Gasteiger partial charge in [0.1, 0.15) is 0 Å². The van der Waals surface area contributed by atoms with E-state index in [0.717, 1.165) is 27.8 Å². The smallest absolute Gasteiger partial charge is 0.0630 e. The average Bonchev–Trinajstić information content (AvgIpc) is 2.23. The van der Waals surface area contributed by atoms with Crippen LogP contribution in [0, 0.1) is 0 Å². The van der Waals surface area contributed by atoms with Crippen molar-refractivity contribution in [2.45, 2.75) is 30.8 Å². The number of ether oxygens (including phenoxy) is 1. The van der Waals surface area contributed by atoms with Gasteiger partial charge in [0.25, 0.3) is 0 Å². The van der Waals surface area contributed by atoms with E-state index in [1.165, 1.54) is 0 Å². The van der Waals surface area contributed by atoms with Gasteiger partial charge in [-0.25, -0.2) is 0 Å². The van der Waals surface area contributed by atoms with E-state index in [-0.39, 0.29) is 5.60 Å². The third-order valence-electron chi connectivity index (χ3n) is 2.49. The fourth-order valence-electron chi connectivity index (χ4n) is 1.14. The van der Waals surface area contributed by atoms with Crippen molar-refractivity contribution in [3.8, 4) is 0 Å². The molecule has 0 heterocycles. The molecular weight excluding hydrogens is 242 g/mol. The van der Waals surface area contributed by atoms with Crippen LogP contribution in [0.1, 0.15) is 20.3 Å². The van der Waals surface area contributed by atoms with Crippen molar-refractivity contribution in [1.82, 2.24) is 0 Å². The summed E-state index contributed by atoms with van der Waals surface area (Å²) in [5.74, 6) is 0.964. The lowest BCUT2D eigenvalue weighted by atomic mass is 10.1. The summed E-state index contributed by atoms with van der Waals surface area (Å²) in [6, 6.07) is 5.55. The zero-order chi connectivity index (χ0) is 12.2. The molecule has 4 heteroatoms. The van der Waals surface area contributed by atoms with E-state index in [1.54, 1.807) is 24.9 Å². The van der Waals surface area contributed by atoms with Crippen LogP contribution in [0.4, 0.5) is 5.69 Å². The Morgan fingerprint density at radius 3 is 2.75 bits per heavy atom. The van der Waals surface area contributed by atoms with Gasteiger partial charge in [-0.3, -0.25) is 0 Å². The van der Waals surface area contributed by atoms with Crippen molar-refractivity contribution in [1.29, 1.82) is 0 Å². The Labute approximate surface area is 107 Å². The van der Waals surface area contributed by atoms with Gasteiger partial charge in [-0.15, -0.1) is 11.8 Å². The summed E-state index contributed by atoms with van der Waals surface area (Å²) < 4.78 is 5.36. The van der Waals surface area contributed by atoms with Crippen molar-refractivity contribution in [3.63, 3.8) is 0 Å². The molecule has 1 aromatic carbocycles. The number of benzene rings is 1. The van der Waals surface area contributed by atoms with Crippen LogP contribution in [0.5, 0.6) is 0 Å². The number of thioether (sulfide) groups is 1. The van der Waals surface area contributed by atoms with E-state index in [9.17, 15) is 0 Å². The first-order valence-corrected chi connectivity index (χ1v) is 6.54. The molecule has 0 amide bonds. The zero-order valence-electron chi connectivity index (χ0n) is 9.92. The van der Waals surface area contributed by atoms with Crippen LogP contribution in [0.2, 0.25) is 5.02 Å². The lowest BCUT2D eigenvalue weighted by Gasteiger charge is -2.22. The van der Waals surface area contributed by atoms with Crippen molar-refractivity contribution < 1.29 is 4.74 Å². The molecule has 0 spiro atoms. The van der Waals surface area contributed by atoms with Crippen LogP contribution < -0.4 is 5.73 Å². The van der Waals surface area contributed by atoms with Gasteiger partial charge in [-0.1, -0.05) is 11.6 Å². The molecule has 0 aromatic heterocycles. The lowest BCUT2D eigenvalue weighted by molar-refractivity contribution is 0.0207. The molecule has 0 radical (unpaired) electrons. The average molecular weight is 260 g/mol. The second kappa shape index (κ2) is 5.80. The van der Waals surface area contributed by atoms with Gasteiger partial charge in [-0.05, 0) is 38.5 Å². The van der Waals surface area contributed by atoms with Gasteiger partial charge in [0.2, 0.25) is 0 Å². The summed E-state index contributed by atoms with van der Waals surface area (Å²) >= 11 is 7.63. The normalized spacial score (nSPS) is 11.8. The maximum absolute atomic E-state index is 5.92. The maximum atomic E-state index is 5.92. The van der Waals surface area contributed by atoms with Crippen LogP contribution in [-0.2, 0) is 4.74 Å². The number of rotatable bonds is 5. The molecule has 16 heavy (non-hydrogen) atoms. The monoisotopic (exact) mass is 259 g/mol. The molecule has 2 N–H and O–H groups in total. The number of hydrogen-bond acceptors (Lipinski definition) is 3. The number of halogens is 1. The van der Waals surface area contributed by atoms with E-state index in [4.69, 9.17) is 22.1 Å². The van der Waals surface area contributed by atoms with Gasteiger partial charge in [0.05, 0.1) is 5.60 Å². The van der Waals surface area contributed by atoms with Crippen molar-refractivity contribution >= 4 is 29.1 Å². The van der Waals surface area contributed by atoms with Gasteiger partial charge in [0.15, 0.2) is 0 Å². The van der Waals surface area contributed by atoms with E-state index >= 15 is 0 Å². The Morgan fingerprint density at radius 2 is 2.12 bits per heavy atom. The number of anilines is 1. The molecule has 0 saturated heterocycles. The van der Waals surface area contributed by atoms with Gasteiger partial charge >= 0.3 is 0 Å². The zero-order valence-corrected chi connectivity index (χ0v) is 11.5. The summed E-state index contributed by atoms with van der Waals surface area (Å²) in [5, 5.41) is 0.725. The fourth-order valence-corrected chi connectivity index (χ4v) is 2.64. The topological polar surface area (TPSA) is 35.2 Å². The molecule has 1 aromatic rings. The third kappa shape index (κ3) is 4.24. The molecule has 0 aliphatic rings. The SMILES string of the molecule is COC(C)(C)CCSc1cc(Cl)ccc1N. The predicted molar refractivity (Wildman–Crippen MR) is 72.3 cm³/mol. The maximum Gasteiger partial charge on any atom is 0.0630 e. The molecule has 0 aliphatic carbocycles. The largest absolute Gasteiger partial charge is 0.398 e. The van der Waals surface area contributed by atoms with Crippen LogP contribution in [0.25, 0.3) is 0 Å². The molecule has 0 atom stereocenters. The van der Waals surface area contributed by atoms with Crippen LogP contribution in [0.15, 0.2) is 23.1 Å². The molecule has 2 nitrogen and oxygen atoms in total. The fraction of sp³-hybridized carbons (Fsp3) is 0.500. The highest BCUT2D eigenvalue weighted by Crippen LogP contribution is 2.30. The van der Waals surface area contributed by atoms with Crippen molar-refractivity contribution in [2.75, 3.05) is 18.6 Å². The van der Waals surface area contributed by atoms with E-state index in [0.29, 0.717) is 0 Å². The van der Waals surface area contributed by atoms with E-state index < -0.39 is 0 Å². The minimum Gasteiger partial charge on any atom is -0.398 e. The molecule has 0 fully saturated rings. The molecule has 0 unspecified atom stereocenters. The van der Waals surface area contributed by atoms with Crippen LogP contribution >= 0.6 is 23.4 Å². The minimum absolute atomic E-state index is 0.0830.